The molecule has 0 amide bonds. The van der Waals surface area contributed by atoms with Gasteiger partial charge in [-0.15, -0.1) is 0 Å². The van der Waals surface area contributed by atoms with E-state index in [1.54, 1.807) is 52.8 Å². The molecule has 1 aromatic rings. The van der Waals surface area contributed by atoms with E-state index < -0.39 is 122 Å². The summed E-state index contributed by atoms with van der Waals surface area (Å²) in [5, 5.41) is 76.3. The van der Waals surface area contributed by atoms with Crippen LogP contribution in [0.5, 0.6) is 11.5 Å². The van der Waals surface area contributed by atoms with Crippen molar-refractivity contribution in [2.45, 2.75) is 181 Å². The number of rotatable bonds is 12. The highest BCUT2D eigenvalue weighted by molar-refractivity contribution is 5.94. The number of aryl methyl sites for hydroxylation is 1. The van der Waals surface area contributed by atoms with Crippen LogP contribution in [0, 0.1) is 18.8 Å². The van der Waals surface area contributed by atoms with E-state index >= 15 is 0 Å². The lowest BCUT2D eigenvalue weighted by Crippen LogP contribution is -2.64. The summed E-state index contributed by atoms with van der Waals surface area (Å²) in [5.41, 5.74) is 0.753. The standard InChI is InChI=1S/C51H74O18/c1-13-32-21-27(5)35(54)17-15-14-16-33(24-63-50-44(62-12)41(58)43(31(9)64-50)66-48(61)38-28(6)22-34(53)23-36(38)55)47(60)65-37(30(8)52)19-18-26(4)20-29(7)42(32)67-49-40(57)39(56)45(51(10,11)69-49)68-46(59)25(2)3/h14-16,18,20-23,25,30-32,35,37,39-45,49-50,52-58H,13,17,19,24H2,1-12H3/b15-14+,26-18+,27-21+,29-20+,33-16+/t30-,31-,32+,35+,37+,39-,40+,41+,42+,43-,44+,45+,49-,50-/m1/s1. The summed E-state index contributed by atoms with van der Waals surface area (Å²) in [7, 11) is 1.29. The van der Waals surface area contributed by atoms with E-state index in [4.69, 9.17) is 37.9 Å². The maximum absolute atomic E-state index is 13.9. The van der Waals surface area contributed by atoms with Gasteiger partial charge >= 0.3 is 17.9 Å². The first-order chi connectivity index (χ1) is 32.3. The van der Waals surface area contributed by atoms with Crippen LogP contribution in [0.25, 0.3) is 0 Å². The van der Waals surface area contributed by atoms with Crippen LogP contribution in [0.4, 0.5) is 0 Å². The number of hydrogen-bond acceptors (Lipinski definition) is 18. The molecule has 0 aromatic heterocycles. The molecule has 0 saturated carbocycles. The summed E-state index contributed by atoms with van der Waals surface area (Å²) in [5.74, 6) is -4.00. The van der Waals surface area contributed by atoms with Gasteiger partial charge in [0.25, 0.3) is 0 Å². The number of cyclic esters (lactones) is 1. The van der Waals surface area contributed by atoms with Crippen molar-refractivity contribution in [1.29, 1.82) is 0 Å². The van der Waals surface area contributed by atoms with Gasteiger partial charge in [0.15, 0.2) is 24.8 Å². The summed E-state index contributed by atoms with van der Waals surface area (Å²) in [6, 6.07) is 2.27. The third kappa shape index (κ3) is 14.8. The molecule has 0 spiro atoms. The van der Waals surface area contributed by atoms with Crippen molar-refractivity contribution in [3.8, 4) is 11.5 Å². The SMILES string of the molecule is CC[C@H]1/C=C(\C)[C@@H](O)C/C=C/C=C(\CO[C@@H]2O[C@H](C)[C@@H](OC(=O)c3c(C)cc(O)cc3O)[C@H](O)[C@@H]2OC)C(=O)O[C@H]([C@@H](C)O)C/C=C(C)/C=C(\C)[C@@H]1O[C@@H]1OC(C)(C)[C@@H](OC(=O)C(C)C)[C@H](O)[C@@H]1O. The van der Waals surface area contributed by atoms with Crippen molar-refractivity contribution >= 4 is 17.9 Å². The van der Waals surface area contributed by atoms with Gasteiger partial charge < -0.3 is 73.6 Å². The van der Waals surface area contributed by atoms with Crippen LogP contribution in [-0.2, 0) is 47.5 Å². The monoisotopic (exact) mass is 974 g/mol. The smallest absolute Gasteiger partial charge is 0.342 e. The normalized spacial score (nSPS) is 35.8. The number of aliphatic hydroxyl groups is 5. The van der Waals surface area contributed by atoms with E-state index in [9.17, 15) is 50.1 Å². The number of allylic oxidation sites excluding steroid dienone is 4. The molecule has 18 heteroatoms. The van der Waals surface area contributed by atoms with Crippen molar-refractivity contribution in [2.24, 2.45) is 11.8 Å². The molecule has 0 radical (unpaired) electrons. The number of phenolic OH excluding ortho intramolecular Hbond substituents is 2. The molecule has 386 valence electrons. The Balaban J connectivity index is 1.60. The fraction of sp³-hybridized carbons (Fsp3) is 0.627. The van der Waals surface area contributed by atoms with Crippen LogP contribution in [0.2, 0.25) is 0 Å². The van der Waals surface area contributed by atoms with E-state index in [1.807, 2.05) is 32.9 Å². The zero-order valence-corrected chi connectivity index (χ0v) is 41.7. The molecular weight excluding hydrogens is 901 g/mol. The van der Waals surface area contributed by atoms with Gasteiger partial charge in [0.05, 0.1) is 42.5 Å². The van der Waals surface area contributed by atoms with Crippen LogP contribution in [0.3, 0.4) is 0 Å². The largest absolute Gasteiger partial charge is 0.508 e. The van der Waals surface area contributed by atoms with Gasteiger partial charge in [-0.2, -0.15) is 0 Å². The summed E-state index contributed by atoms with van der Waals surface area (Å²) in [6.07, 6.45) is -5.01. The van der Waals surface area contributed by atoms with Gasteiger partial charge in [-0.1, -0.05) is 56.7 Å². The number of benzene rings is 1. The Morgan fingerprint density at radius 2 is 1.59 bits per heavy atom. The first-order valence-electron chi connectivity index (χ1n) is 23.4. The average molecular weight is 975 g/mol. The molecular formula is C51H74O18. The Labute approximate surface area is 404 Å². The Morgan fingerprint density at radius 1 is 0.913 bits per heavy atom. The van der Waals surface area contributed by atoms with Gasteiger partial charge in [-0.05, 0) is 97.1 Å². The topological polar surface area (TPSA) is 267 Å². The molecule has 3 aliphatic rings. The minimum absolute atomic E-state index is 0.0144. The van der Waals surface area contributed by atoms with Crippen molar-refractivity contribution in [2.75, 3.05) is 13.7 Å². The van der Waals surface area contributed by atoms with E-state index in [0.29, 0.717) is 23.1 Å². The zero-order valence-electron chi connectivity index (χ0n) is 41.7. The number of aromatic hydroxyl groups is 2. The van der Waals surface area contributed by atoms with Crippen molar-refractivity contribution < 1.29 is 88.0 Å². The van der Waals surface area contributed by atoms with Gasteiger partial charge in [-0.25, -0.2) is 9.59 Å². The number of phenols is 2. The Hall–Kier alpha value is -4.47. The third-order valence-corrected chi connectivity index (χ3v) is 12.5. The highest BCUT2D eigenvalue weighted by Gasteiger charge is 2.53. The van der Waals surface area contributed by atoms with Gasteiger partial charge in [0.2, 0.25) is 0 Å². The summed E-state index contributed by atoms with van der Waals surface area (Å²) < 4.78 is 47.4. The minimum atomic E-state index is -1.60. The molecule has 2 fully saturated rings. The maximum Gasteiger partial charge on any atom is 0.342 e. The molecule has 7 N–H and O–H groups in total. The van der Waals surface area contributed by atoms with Crippen molar-refractivity contribution in [3.05, 3.63) is 82.0 Å². The average Bonchev–Trinajstić information content (AvgIpc) is 3.26. The molecule has 69 heavy (non-hydrogen) atoms. The van der Waals surface area contributed by atoms with Crippen LogP contribution in [0.15, 0.2) is 70.9 Å². The van der Waals surface area contributed by atoms with Gasteiger partial charge in [-0.3, -0.25) is 4.79 Å². The molecule has 3 aliphatic heterocycles. The number of aliphatic hydroxyl groups excluding tert-OH is 5. The summed E-state index contributed by atoms with van der Waals surface area (Å²) >= 11 is 0. The number of carbonyl (C=O) groups is 3. The van der Waals surface area contributed by atoms with Crippen LogP contribution in [-0.4, -0.2) is 153 Å². The van der Waals surface area contributed by atoms with Gasteiger partial charge in [0, 0.05) is 25.5 Å². The fourth-order valence-corrected chi connectivity index (χ4v) is 8.35. The fourth-order valence-electron chi connectivity index (χ4n) is 8.35. The molecule has 0 bridgehead atoms. The Kier molecular flexibility index (Phi) is 20.8. The number of esters is 3. The third-order valence-electron chi connectivity index (χ3n) is 12.5. The molecule has 3 heterocycles. The second kappa shape index (κ2) is 25.1. The number of carbonyl (C=O) groups excluding carboxylic acids is 3. The molecule has 2 saturated heterocycles. The lowest BCUT2D eigenvalue weighted by atomic mass is 9.88. The van der Waals surface area contributed by atoms with Crippen molar-refractivity contribution in [3.63, 3.8) is 0 Å². The van der Waals surface area contributed by atoms with Crippen LogP contribution in [0.1, 0.15) is 104 Å². The first kappa shape index (κ1) is 57.1. The maximum atomic E-state index is 13.9. The van der Waals surface area contributed by atoms with Crippen LogP contribution < -0.4 is 0 Å². The molecule has 0 aliphatic carbocycles. The Bertz CT molecular complexity index is 2060. The highest BCUT2D eigenvalue weighted by Crippen LogP contribution is 2.37. The van der Waals surface area contributed by atoms with E-state index in [2.05, 4.69) is 0 Å². The molecule has 1 aromatic carbocycles. The summed E-state index contributed by atoms with van der Waals surface area (Å²) in [6.45, 7) is 18.0. The van der Waals surface area contributed by atoms with E-state index in [1.165, 1.54) is 40.0 Å². The lowest BCUT2D eigenvalue weighted by Gasteiger charge is -2.47. The number of ether oxygens (including phenoxy) is 8. The second-order valence-electron chi connectivity index (χ2n) is 19.0. The quantitative estimate of drug-likeness (QED) is 0.0852. The molecule has 4 rings (SSSR count). The Morgan fingerprint density at radius 3 is 2.20 bits per heavy atom. The van der Waals surface area contributed by atoms with E-state index in [0.717, 1.165) is 6.07 Å². The summed E-state index contributed by atoms with van der Waals surface area (Å²) in [4.78, 5) is 39.6. The molecule has 14 atom stereocenters. The zero-order chi connectivity index (χ0) is 51.7. The highest BCUT2D eigenvalue weighted by atomic mass is 16.7. The predicted molar refractivity (Wildman–Crippen MR) is 250 cm³/mol. The molecule has 0 unspecified atom stereocenters. The second-order valence-corrected chi connectivity index (χ2v) is 19.0. The van der Waals surface area contributed by atoms with Crippen molar-refractivity contribution in [1.82, 2.24) is 0 Å². The van der Waals surface area contributed by atoms with Gasteiger partial charge in [0.1, 0.15) is 53.2 Å². The number of hydrogen-bond donors (Lipinski definition) is 7. The minimum Gasteiger partial charge on any atom is -0.508 e. The molecule has 18 nitrogen and oxygen atoms in total. The van der Waals surface area contributed by atoms with Crippen LogP contribution >= 0.6 is 0 Å². The first-order valence-corrected chi connectivity index (χ1v) is 23.4. The number of methoxy groups -OCH3 is 1. The predicted octanol–water partition coefficient (Wildman–Crippen LogP) is 4.67. The lowest BCUT2D eigenvalue weighted by molar-refractivity contribution is -0.333. The van der Waals surface area contributed by atoms with E-state index in [-0.39, 0.29) is 41.2 Å².